The molecule has 0 bridgehead atoms. The van der Waals surface area contributed by atoms with Crippen molar-refractivity contribution in [3.8, 4) is 34.2 Å². The average molecular weight is 349 g/mol. The fourth-order valence-corrected chi connectivity index (χ4v) is 2.94. The Kier molecular flexibility index (Phi) is 4.55. The lowest BCUT2D eigenvalue weighted by Crippen LogP contribution is -2.03. The molecule has 25 heavy (non-hydrogen) atoms. The van der Waals surface area contributed by atoms with Crippen molar-refractivity contribution in [3.05, 3.63) is 47.8 Å². The van der Waals surface area contributed by atoms with Crippen molar-refractivity contribution in [3.63, 3.8) is 0 Å². The Morgan fingerprint density at radius 2 is 1.76 bits per heavy atom. The number of thioether (sulfide) groups is 1. The molecule has 0 saturated heterocycles. The summed E-state index contributed by atoms with van der Waals surface area (Å²) in [6.45, 7) is 1.88. The van der Waals surface area contributed by atoms with E-state index in [1.165, 1.54) is 11.8 Å². The number of hydrogen-bond donors (Lipinski definition) is 2. The molecule has 0 unspecified atom stereocenters. The molecule has 3 aromatic rings. The number of aromatic hydroxyl groups is 1. The van der Waals surface area contributed by atoms with Gasteiger partial charge in [-0.1, -0.05) is 11.8 Å². The van der Waals surface area contributed by atoms with E-state index in [2.05, 4.69) is 21.0 Å². The molecule has 7 heteroatoms. The minimum absolute atomic E-state index is 0.153. The number of hydrogen-bond acceptors (Lipinski definition) is 7. The van der Waals surface area contributed by atoms with E-state index < -0.39 is 0 Å². The second kappa shape index (κ2) is 6.79. The number of nitrogens with zero attached hydrogens (tertiary/aromatic N) is 4. The van der Waals surface area contributed by atoms with Crippen LogP contribution in [0, 0.1) is 18.3 Å². The molecule has 0 fully saturated rings. The number of anilines is 1. The second-order valence-corrected chi connectivity index (χ2v) is 6.11. The molecule has 124 valence electrons. The summed E-state index contributed by atoms with van der Waals surface area (Å²) < 4.78 is 0. The van der Waals surface area contributed by atoms with Crippen LogP contribution in [0.2, 0.25) is 0 Å². The third kappa shape index (κ3) is 3.12. The fraction of sp³-hybridized carbons (Fsp3) is 0.111. The van der Waals surface area contributed by atoms with E-state index in [0.717, 1.165) is 11.1 Å². The second-order valence-electron chi connectivity index (χ2n) is 5.34. The number of phenolic OH excluding ortho intramolecular Hbond substituents is 1. The summed E-state index contributed by atoms with van der Waals surface area (Å²) >= 11 is 1.44. The van der Waals surface area contributed by atoms with Crippen LogP contribution in [-0.2, 0) is 0 Å². The Balaban J connectivity index is 2.25. The standard InChI is InChI=1S/C18H15N5OS/c1-10-15(12-8-21-18(25-2)22-9-12)14(7-19)17(20)23-16(10)11-3-5-13(24)6-4-11/h3-6,8-9,24H,1-2H3,(H2,20,23). The van der Waals surface area contributed by atoms with Gasteiger partial charge in [0.2, 0.25) is 0 Å². The molecule has 3 rings (SSSR count). The van der Waals surface area contributed by atoms with Crippen LogP contribution in [0.1, 0.15) is 11.1 Å². The van der Waals surface area contributed by atoms with Crippen LogP contribution in [0.25, 0.3) is 22.4 Å². The van der Waals surface area contributed by atoms with Gasteiger partial charge in [-0.2, -0.15) is 5.26 Å². The SMILES string of the molecule is CSc1ncc(-c2c(C)c(-c3ccc(O)cc3)nc(N)c2C#N)cn1. The highest BCUT2D eigenvalue weighted by Gasteiger charge is 2.19. The molecule has 0 atom stereocenters. The molecule has 0 aliphatic rings. The third-order valence-electron chi connectivity index (χ3n) is 3.82. The first-order valence-electron chi connectivity index (χ1n) is 7.41. The van der Waals surface area contributed by atoms with E-state index in [1.807, 2.05) is 13.2 Å². The number of nitrogens with two attached hydrogens (primary N) is 1. The normalized spacial score (nSPS) is 10.4. The van der Waals surface area contributed by atoms with E-state index in [1.54, 1.807) is 36.7 Å². The lowest BCUT2D eigenvalue weighted by atomic mass is 9.94. The molecule has 1 aromatic carbocycles. The molecule has 6 nitrogen and oxygen atoms in total. The molecule has 0 amide bonds. The lowest BCUT2D eigenvalue weighted by molar-refractivity contribution is 0.475. The van der Waals surface area contributed by atoms with Crippen molar-refractivity contribution in [2.45, 2.75) is 12.1 Å². The highest BCUT2D eigenvalue weighted by Crippen LogP contribution is 2.35. The first-order chi connectivity index (χ1) is 12.0. The van der Waals surface area contributed by atoms with Crippen LogP contribution < -0.4 is 5.73 Å². The van der Waals surface area contributed by atoms with Gasteiger partial charge in [-0.05, 0) is 43.0 Å². The number of phenols is 1. The highest BCUT2D eigenvalue weighted by atomic mass is 32.2. The number of nitrogen functional groups attached to an aromatic ring is 1. The van der Waals surface area contributed by atoms with Gasteiger partial charge < -0.3 is 10.8 Å². The van der Waals surface area contributed by atoms with Gasteiger partial charge in [-0.15, -0.1) is 0 Å². The number of benzene rings is 1. The molecule has 2 heterocycles. The van der Waals surface area contributed by atoms with Crippen molar-refractivity contribution in [1.29, 1.82) is 5.26 Å². The molecule has 0 spiro atoms. The molecule has 0 aliphatic carbocycles. The Bertz CT molecular complexity index is 963. The number of nitriles is 1. The number of rotatable bonds is 3. The predicted molar refractivity (Wildman–Crippen MR) is 98.0 cm³/mol. The summed E-state index contributed by atoms with van der Waals surface area (Å²) in [4.78, 5) is 13.0. The van der Waals surface area contributed by atoms with Gasteiger partial charge in [0.05, 0.1) is 5.69 Å². The van der Waals surface area contributed by atoms with Gasteiger partial charge in [0.25, 0.3) is 0 Å². The van der Waals surface area contributed by atoms with Crippen molar-refractivity contribution < 1.29 is 5.11 Å². The number of aromatic nitrogens is 3. The van der Waals surface area contributed by atoms with Crippen LogP contribution in [0.5, 0.6) is 5.75 Å². The molecular weight excluding hydrogens is 334 g/mol. The van der Waals surface area contributed by atoms with Gasteiger partial charge in [-0.25, -0.2) is 15.0 Å². The maximum Gasteiger partial charge on any atom is 0.187 e. The van der Waals surface area contributed by atoms with Crippen LogP contribution >= 0.6 is 11.8 Å². The summed E-state index contributed by atoms with van der Waals surface area (Å²) in [5.41, 5.74) is 9.98. The van der Waals surface area contributed by atoms with E-state index in [0.29, 0.717) is 27.5 Å². The fourth-order valence-electron chi connectivity index (χ4n) is 2.62. The minimum Gasteiger partial charge on any atom is -0.508 e. The van der Waals surface area contributed by atoms with Gasteiger partial charge in [0, 0.05) is 29.1 Å². The van der Waals surface area contributed by atoms with Gasteiger partial charge in [0.15, 0.2) is 5.16 Å². The highest BCUT2D eigenvalue weighted by molar-refractivity contribution is 7.98. The number of pyridine rings is 1. The monoisotopic (exact) mass is 349 g/mol. The van der Waals surface area contributed by atoms with Crippen molar-refractivity contribution in [2.24, 2.45) is 0 Å². The maximum absolute atomic E-state index is 9.54. The Morgan fingerprint density at radius 1 is 1.12 bits per heavy atom. The van der Waals surface area contributed by atoms with Crippen LogP contribution in [0.15, 0.2) is 41.8 Å². The Labute approximate surface area is 149 Å². The zero-order valence-corrected chi connectivity index (χ0v) is 14.5. The lowest BCUT2D eigenvalue weighted by Gasteiger charge is -2.14. The van der Waals surface area contributed by atoms with Crippen LogP contribution in [0.4, 0.5) is 5.82 Å². The average Bonchev–Trinajstić information content (AvgIpc) is 2.64. The largest absolute Gasteiger partial charge is 0.508 e. The molecule has 3 N–H and O–H groups in total. The zero-order chi connectivity index (χ0) is 18.0. The summed E-state index contributed by atoms with van der Waals surface area (Å²) in [6.07, 6.45) is 5.26. The predicted octanol–water partition coefficient (Wildman–Crippen LogP) is 3.40. The summed E-state index contributed by atoms with van der Waals surface area (Å²) in [5.74, 6) is 0.324. The van der Waals surface area contributed by atoms with E-state index in [4.69, 9.17) is 5.73 Å². The summed E-state index contributed by atoms with van der Waals surface area (Å²) in [6, 6.07) is 8.81. The first kappa shape index (κ1) is 16.7. The smallest absolute Gasteiger partial charge is 0.187 e. The van der Waals surface area contributed by atoms with Gasteiger partial charge in [0.1, 0.15) is 23.2 Å². The topological polar surface area (TPSA) is 109 Å². The third-order valence-corrected chi connectivity index (χ3v) is 4.40. The van der Waals surface area contributed by atoms with Gasteiger partial charge >= 0.3 is 0 Å². The van der Waals surface area contributed by atoms with Crippen molar-refractivity contribution in [2.75, 3.05) is 12.0 Å². The van der Waals surface area contributed by atoms with E-state index in [9.17, 15) is 10.4 Å². The van der Waals surface area contributed by atoms with Crippen LogP contribution in [-0.4, -0.2) is 26.3 Å². The van der Waals surface area contributed by atoms with Gasteiger partial charge in [-0.3, -0.25) is 0 Å². The Hall–Kier alpha value is -3.11. The van der Waals surface area contributed by atoms with E-state index in [-0.39, 0.29) is 11.6 Å². The molecule has 0 radical (unpaired) electrons. The first-order valence-corrected chi connectivity index (χ1v) is 8.63. The molecule has 0 aliphatic heterocycles. The quantitative estimate of drug-likeness (QED) is 0.551. The minimum atomic E-state index is 0.153. The zero-order valence-electron chi connectivity index (χ0n) is 13.7. The summed E-state index contributed by atoms with van der Waals surface area (Å²) in [7, 11) is 0. The molecule has 2 aromatic heterocycles. The summed E-state index contributed by atoms with van der Waals surface area (Å²) in [5, 5.41) is 19.7. The Morgan fingerprint density at radius 3 is 2.32 bits per heavy atom. The van der Waals surface area contributed by atoms with Crippen LogP contribution in [0.3, 0.4) is 0 Å². The molecule has 0 saturated carbocycles. The van der Waals surface area contributed by atoms with Crippen molar-refractivity contribution in [1.82, 2.24) is 15.0 Å². The molecular formula is C18H15N5OS. The van der Waals surface area contributed by atoms with E-state index >= 15 is 0 Å². The maximum atomic E-state index is 9.54. The van der Waals surface area contributed by atoms with Crippen molar-refractivity contribution >= 4 is 17.6 Å².